The van der Waals surface area contributed by atoms with Gasteiger partial charge in [-0.1, -0.05) is 12.2 Å². The molecule has 1 N–H and O–H groups in total. The maximum Gasteiger partial charge on any atom is 0.306 e. The molecule has 3 aliphatic heterocycles. The average Bonchev–Trinajstić information content (AvgIpc) is 3.27. The maximum absolute atomic E-state index is 13.0. The molecule has 8 nitrogen and oxygen atoms in total. The van der Waals surface area contributed by atoms with Crippen LogP contribution >= 0.6 is 7.37 Å². The first-order valence-electron chi connectivity index (χ1n) is 9.10. The summed E-state index contributed by atoms with van der Waals surface area (Å²) in [6.07, 6.45) is 2.46. The number of carbonyl (C=O) groups excluding carboxylic acids is 2. The van der Waals surface area contributed by atoms with Gasteiger partial charge in [0.2, 0.25) is 13.3 Å². The summed E-state index contributed by atoms with van der Waals surface area (Å²) in [4.78, 5) is 25.6. The smallest absolute Gasteiger partial charge is 0.306 e. The summed E-state index contributed by atoms with van der Waals surface area (Å²) in [5, 5.41) is 10.6. The highest BCUT2D eigenvalue weighted by molar-refractivity contribution is 7.59. The van der Waals surface area contributed by atoms with Crippen molar-refractivity contribution in [3.63, 3.8) is 0 Å². The predicted molar refractivity (Wildman–Crippen MR) is 92.7 cm³/mol. The van der Waals surface area contributed by atoms with Crippen LogP contribution in [-0.2, 0) is 28.2 Å². The van der Waals surface area contributed by atoms with E-state index in [0.717, 1.165) is 0 Å². The van der Waals surface area contributed by atoms with Crippen molar-refractivity contribution in [3.8, 4) is 0 Å². The first kappa shape index (κ1) is 19.5. The number of likely N-dealkylation sites (tertiary alicyclic amines) is 1. The topological polar surface area (TPSA) is 102 Å². The third-order valence-corrected chi connectivity index (χ3v) is 7.71. The summed E-state index contributed by atoms with van der Waals surface area (Å²) < 4.78 is 28.9. The van der Waals surface area contributed by atoms with Crippen molar-refractivity contribution < 1.29 is 33.3 Å². The number of rotatable bonds is 9. The molecule has 2 saturated heterocycles. The number of esters is 1. The van der Waals surface area contributed by atoms with Crippen LogP contribution in [0.15, 0.2) is 12.2 Å². The summed E-state index contributed by atoms with van der Waals surface area (Å²) >= 11 is 0. The minimum absolute atomic E-state index is 0.00871. The van der Waals surface area contributed by atoms with Crippen LogP contribution in [0.1, 0.15) is 20.3 Å². The van der Waals surface area contributed by atoms with Gasteiger partial charge < -0.3 is 24.0 Å². The molecule has 6 atom stereocenters. The fourth-order valence-corrected chi connectivity index (χ4v) is 6.00. The Balaban J connectivity index is 1.60. The first-order valence-corrected chi connectivity index (χ1v) is 11.1. The van der Waals surface area contributed by atoms with E-state index in [-0.39, 0.29) is 68.5 Å². The van der Waals surface area contributed by atoms with Crippen LogP contribution in [0, 0.1) is 11.8 Å². The Kier molecular flexibility index (Phi) is 5.87. The van der Waals surface area contributed by atoms with Gasteiger partial charge in [-0.05, 0) is 13.8 Å². The van der Waals surface area contributed by atoms with Crippen LogP contribution in [0.2, 0.25) is 0 Å². The molecule has 3 heterocycles. The van der Waals surface area contributed by atoms with E-state index in [1.54, 1.807) is 13.8 Å². The quantitative estimate of drug-likeness (QED) is 0.357. The molecule has 0 spiro atoms. The van der Waals surface area contributed by atoms with Gasteiger partial charge in [0.15, 0.2) is 0 Å². The molecule has 0 aromatic rings. The van der Waals surface area contributed by atoms with Crippen molar-refractivity contribution in [2.24, 2.45) is 11.8 Å². The molecular weight excluding hydrogens is 361 g/mol. The second-order valence-corrected chi connectivity index (χ2v) is 9.51. The van der Waals surface area contributed by atoms with Crippen molar-refractivity contribution in [2.75, 3.05) is 32.1 Å². The highest BCUT2D eigenvalue weighted by Crippen LogP contribution is 2.50. The van der Waals surface area contributed by atoms with Crippen LogP contribution in [0.5, 0.6) is 0 Å². The zero-order chi connectivity index (χ0) is 18.9. The van der Waals surface area contributed by atoms with Gasteiger partial charge >= 0.3 is 5.97 Å². The third-order valence-electron chi connectivity index (χ3n) is 5.19. The lowest BCUT2D eigenvalue weighted by molar-refractivity contribution is -0.142. The zero-order valence-corrected chi connectivity index (χ0v) is 16.0. The van der Waals surface area contributed by atoms with Gasteiger partial charge in [-0.15, -0.1) is 0 Å². The van der Waals surface area contributed by atoms with E-state index in [4.69, 9.17) is 14.0 Å². The number of ether oxygens (including phenoxy) is 2. The van der Waals surface area contributed by atoms with Gasteiger partial charge in [-0.2, -0.15) is 0 Å². The minimum Gasteiger partial charge on any atom is -0.466 e. The maximum atomic E-state index is 13.0. The molecule has 0 radical (unpaired) electrons. The summed E-state index contributed by atoms with van der Waals surface area (Å²) in [5.74, 6) is -1.23. The van der Waals surface area contributed by atoms with Crippen molar-refractivity contribution in [2.45, 2.75) is 38.7 Å². The van der Waals surface area contributed by atoms with E-state index in [1.807, 2.05) is 12.2 Å². The molecule has 0 saturated carbocycles. The van der Waals surface area contributed by atoms with Crippen molar-refractivity contribution in [1.82, 2.24) is 4.90 Å². The summed E-state index contributed by atoms with van der Waals surface area (Å²) in [5.41, 5.74) is 0. The number of fused-ring (bicyclic) bond motifs is 5. The van der Waals surface area contributed by atoms with Gasteiger partial charge in [-0.25, -0.2) is 0 Å². The van der Waals surface area contributed by atoms with E-state index in [0.29, 0.717) is 0 Å². The molecule has 0 aromatic heterocycles. The molecule has 0 aliphatic carbocycles. The monoisotopic (exact) mass is 387 g/mol. The van der Waals surface area contributed by atoms with E-state index in [2.05, 4.69) is 0 Å². The molecule has 6 unspecified atom stereocenters. The first-order chi connectivity index (χ1) is 12.4. The van der Waals surface area contributed by atoms with Crippen molar-refractivity contribution in [3.05, 3.63) is 12.2 Å². The van der Waals surface area contributed by atoms with Gasteiger partial charge in [0.1, 0.15) is 6.23 Å². The van der Waals surface area contributed by atoms with Crippen LogP contribution < -0.4 is 0 Å². The molecule has 3 aliphatic rings. The molecule has 2 fully saturated rings. The van der Waals surface area contributed by atoms with Crippen molar-refractivity contribution >= 4 is 19.2 Å². The summed E-state index contributed by atoms with van der Waals surface area (Å²) in [6.45, 7) is 4.10. The molecule has 26 heavy (non-hydrogen) atoms. The number of aliphatic hydroxyl groups is 1. The highest BCUT2D eigenvalue weighted by Gasteiger charge is 2.60. The lowest BCUT2D eigenvalue weighted by Gasteiger charge is -2.27. The van der Waals surface area contributed by atoms with Gasteiger partial charge in [0.25, 0.3) is 0 Å². The Bertz CT molecular complexity index is 637. The zero-order valence-electron chi connectivity index (χ0n) is 15.1. The van der Waals surface area contributed by atoms with Gasteiger partial charge in [0.05, 0.1) is 37.8 Å². The number of hydrogen-bond donors (Lipinski definition) is 1. The minimum atomic E-state index is -3.10. The Hall–Kier alpha value is -1.21. The van der Waals surface area contributed by atoms with E-state index >= 15 is 0 Å². The van der Waals surface area contributed by atoms with E-state index < -0.39 is 19.6 Å². The Morgan fingerprint density at radius 3 is 2.65 bits per heavy atom. The standard InChI is InChI=1S/C17H26NO7P/c1-3-23-13(19)7-9-26(22,24-4-2)10-8-18-16(20)14-11-5-6-12(25-11)15(14)17(18)21/h5-6,11-12,14-16,20H,3-4,7-10H2,1-2H3. The van der Waals surface area contributed by atoms with Gasteiger partial charge in [0, 0.05) is 24.8 Å². The SMILES string of the molecule is CCOC(=O)CCP(=O)(CCN1C(=O)C2C3C=CC(O3)C2C1O)OCC. The number of aliphatic hydroxyl groups excluding tert-OH is 1. The van der Waals surface area contributed by atoms with Crippen LogP contribution in [0.4, 0.5) is 0 Å². The summed E-state index contributed by atoms with van der Waals surface area (Å²) in [7, 11) is -3.10. The van der Waals surface area contributed by atoms with Crippen LogP contribution in [0.3, 0.4) is 0 Å². The molecular formula is C17H26NO7P. The Morgan fingerprint density at radius 1 is 1.27 bits per heavy atom. The molecule has 0 aromatic carbocycles. The van der Waals surface area contributed by atoms with Gasteiger partial charge in [-0.3, -0.25) is 14.2 Å². The largest absolute Gasteiger partial charge is 0.466 e. The number of carbonyl (C=O) groups is 2. The Morgan fingerprint density at radius 2 is 2.00 bits per heavy atom. The Labute approximate surface area is 152 Å². The van der Waals surface area contributed by atoms with Crippen molar-refractivity contribution in [1.29, 1.82) is 0 Å². The number of nitrogens with zero attached hydrogens (tertiary/aromatic N) is 1. The van der Waals surface area contributed by atoms with E-state index in [9.17, 15) is 19.3 Å². The molecule has 9 heteroatoms. The number of hydrogen-bond acceptors (Lipinski definition) is 7. The second kappa shape index (κ2) is 7.80. The average molecular weight is 387 g/mol. The molecule has 1 amide bonds. The lowest BCUT2D eigenvalue weighted by Crippen LogP contribution is -2.40. The predicted octanol–water partition coefficient (Wildman–Crippen LogP) is 0.984. The van der Waals surface area contributed by atoms with Crippen LogP contribution in [0.25, 0.3) is 0 Å². The lowest BCUT2D eigenvalue weighted by atomic mass is 9.85. The second-order valence-electron chi connectivity index (χ2n) is 6.73. The summed E-state index contributed by atoms with van der Waals surface area (Å²) in [6, 6.07) is 0. The molecule has 3 rings (SSSR count). The fourth-order valence-electron chi connectivity index (χ4n) is 4.00. The van der Waals surface area contributed by atoms with E-state index in [1.165, 1.54) is 4.90 Å². The molecule has 146 valence electrons. The fraction of sp³-hybridized carbons (Fsp3) is 0.765. The van der Waals surface area contributed by atoms with Crippen LogP contribution in [-0.4, -0.2) is 72.4 Å². The third kappa shape index (κ3) is 3.60. The molecule has 2 bridgehead atoms. The highest BCUT2D eigenvalue weighted by atomic mass is 31.2. The normalized spacial score (nSPS) is 34.2. The number of amides is 1.